The van der Waals surface area contributed by atoms with Gasteiger partial charge in [0.1, 0.15) is 5.54 Å². The topological polar surface area (TPSA) is 75.7 Å². The van der Waals surface area contributed by atoms with Crippen LogP contribution in [0.25, 0.3) is 0 Å². The fourth-order valence-electron chi connectivity index (χ4n) is 4.17. The molecule has 6 heteroatoms. The molecule has 2 rings (SSSR count). The normalized spacial score (nSPS) is 28.3. The second-order valence-electron chi connectivity index (χ2n) is 7.92. The monoisotopic (exact) mass is 390 g/mol. The zero-order chi connectivity index (χ0) is 20.7. The van der Waals surface area contributed by atoms with Crippen molar-refractivity contribution in [2.75, 3.05) is 20.2 Å². The minimum absolute atomic E-state index is 0.0255. The molecule has 2 amide bonds. The number of nitrogens with one attached hydrogen (secondary N) is 1. The summed E-state index contributed by atoms with van der Waals surface area (Å²) >= 11 is 0. The zero-order valence-electron chi connectivity index (χ0n) is 17.2. The van der Waals surface area contributed by atoms with Crippen LogP contribution in [0, 0.1) is 17.8 Å². The molecule has 0 aliphatic heterocycles. The van der Waals surface area contributed by atoms with Crippen LogP contribution in [-0.4, -0.2) is 48.4 Å². The Morgan fingerprint density at radius 1 is 1.21 bits per heavy atom. The molecule has 0 spiro atoms. The van der Waals surface area contributed by atoms with Crippen LogP contribution in [0.1, 0.15) is 51.9 Å². The van der Waals surface area contributed by atoms with Gasteiger partial charge in [0, 0.05) is 31.3 Å². The first-order chi connectivity index (χ1) is 13.4. The van der Waals surface area contributed by atoms with Gasteiger partial charge in [-0.2, -0.15) is 0 Å². The molecule has 0 unspecified atom stereocenters. The molecule has 28 heavy (non-hydrogen) atoms. The molecule has 0 aromatic rings. The van der Waals surface area contributed by atoms with E-state index in [9.17, 15) is 14.4 Å². The van der Waals surface area contributed by atoms with Gasteiger partial charge in [-0.05, 0) is 45.4 Å². The molecule has 2 aliphatic carbocycles. The molecule has 1 N–H and O–H groups in total. The van der Waals surface area contributed by atoms with E-state index in [4.69, 9.17) is 4.74 Å². The fraction of sp³-hybridized carbons (Fsp3) is 0.682. The van der Waals surface area contributed by atoms with Gasteiger partial charge in [0.05, 0.1) is 6.61 Å². The van der Waals surface area contributed by atoms with Crippen LogP contribution in [0.15, 0.2) is 25.3 Å². The molecule has 0 aromatic heterocycles. The van der Waals surface area contributed by atoms with Gasteiger partial charge in [-0.25, -0.2) is 4.79 Å². The van der Waals surface area contributed by atoms with Crippen LogP contribution < -0.4 is 5.32 Å². The maximum Gasteiger partial charge on any atom is 0.332 e. The molecule has 4 atom stereocenters. The van der Waals surface area contributed by atoms with Gasteiger partial charge in [-0.15, -0.1) is 13.2 Å². The predicted molar refractivity (Wildman–Crippen MR) is 108 cm³/mol. The highest BCUT2D eigenvalue weighted by Crippen LogP contribution is 2.46. The molecule has 0 bridgehead atoms. The van der Waals surface area contributed by atoms with Gasteiger partial charge in [-0.1, -0.05) is 18.6 Å². The average Bonchev–Trinajstić information content (AvgIpc) is 3.17. The maximum atomic E-state index is 13.0. The molecule has 0 saturated heterocycles. The summed E-state index contributed by atoms with van der Waals surface area (Å²) in [6, 6.07) is 0. The maximum absolute atomic E-state index is 13.0. The molecule has 2 aliphatic rings. The highest BCUT2D eigenvalue weighted by molar-refractivity contribution is 5.94. The van der Waals surface area contributed by atoms with E-state index >= 15 is 0 Å². The number of nitrogens with zero attached hydrogens (tertiary/aromatic N) is 1. The molecule has 0 aromatic carbocycles. The zero-order valence-corrected chi connectivity index (χ0v) is 17.2. The van der Waals surface area contributed by atoms with E-state index in [1.54, 1.807) is 24.9 Å². The largest absolute Gasteiger partial charge is 0.464 e. The van der Waals surface area contributed by atoms with E-state index in [1.165, 1.54) is 0 Å². The van der Waals surface area contributed by atoms with E-state index in [0.717, 1.165) is 25.7 Å². The summed E-state index contributed by atoms with van der Waals surface area (Å²) < 4.78 is 5.16. The Labute approximate surface area is 168 Å². The van der Waals surface area contributed by atoms with Crippen LogP contribution in [0.2, 0.25) is 0 Å². The summed E-state index contributed by atoms with van der Waals surface area (Å²) in [7, 11) is 1.80. The highest BCUT2D eigenvalue weighted by Gasteiger charge is 2.61. The molecular weight excluding hydrogens is 356 g/mol. The Morgan fingerprint density at radius 2 is 1.93 bits per heavy atom. The predicted octanol–water partition coefficient (Wildman–Crippen LogP) is 2.84. The van der Waals surface area contributed by atoms with Crippen LogP contribution in [-0.2, 0) is 19.1 Å². The van der Waals surface area contributed by atoms with Crippen LogP contribution >= 0.6 is 0 Å². The van der Waals surface area contributed by atoms with Crippen molar-refractivity contribution in [2.24, 2.45) is 17.8 Å². The lowest BCUT2D eigenvalue weighted by Crippen LogP contribution is -2.50. The average molecular weight is 391 g/mol. The van der Waals surface area contributed by atoms with Gasteiger partial charge >= 0.3 is 5.97 Å². The van der Waals surface area contributed by atoms with Crippen molar-refractivity contribution in [2.45, 2.75) is 57.4 Å². The van der Waals surface area contributed by atoms with Crippen LogP contribution in [0.3, 0.4) is 0 Å². The second kappa shape index (κ2) is 9.89. The Balaban J connectivity index is 1.98. The van der Waals surface area contributed by atoms with Gasteiger partial charge in [-0.3, -0.25) is 9.59 Å². The number of rotatable bonds is 11. The van der Waals surface area contributed by atoms with Crippen molar-refractivity contribution >= 4 is 17.8 Å². The summed E-state index contributed by atoms with van der Waals surface area (Å²) in [6.45, 7) is 10.2. The summed E-state index contributed by atoms with van der Waals surface area (Å²) in [5, 5.41) is 2.91. The first kappa shape index (κ1) is 22.2. The summed E-state index contributed by atoms with van der Waals surface area (Å²) in [4.78, 5) is 40.0. The number of carbonyl (C=O) groups is 3. The van der Waals surface area contributed by atoms with E-state index < -0.39 is 11.5 Å². The number of hydrogen-bond donors (Lipinski definition) is 1. The van der Waals surface area contributed by atoms with Crippen molar-refractivity contribution in [3.8, 4) is 0 Å². The van der Waals surface area contributed by atoms with Crippen LogP contribution in [0.4, 0.5) is 0 Å². The van der Waals surface area contributed by atoms with Gasteiger partial charge in [0.25, 0.3) is 0 Å². The SMILES string of the molecule is C=CCCCCN(C)C(=O)[C@@H]1CCC[C@H]1C(=O)N[C@]1(C(=O)OCC)C[C@H]1C=C. The van der Waals surface area contributed by atoms with Gasteiger partial charge < -0.3 is 15.0 Å². The highest BCUT2D eigenvalue weighted by atomic mass is 16.5. The Kier molecular flexibility index (Phi) is 7.84. The molecule has 0 radical (unpaired) electrons. The number of esters is 1. The standard InChI is InChI=1S/C22H34N2O4/c1-5-8-9-10-14-24(4)20(26)18-13-11-12-17(18)19(25)23-22(15-16(22)6-2)21(27)28-7-3/h5-6,16-18H,1-2,7-15H2,3-4H3,(H,23,25)/t16-,17-,18-,22-/m1/s1. The van der Waals surface area contributed by atoms with E-state index in [1.807, 2.05) is 6.08 Å². The van der Waals surface area contributed by atoms with E-state index in [0.29, 0.717) is 25.8 Å². The first-order valence-electron chi connectivity index (χ1n) is 10.4. The minimum Gasteiger partial charge on any atom is -0.464 e. The fourth-order valence-corrected chi connectivity index (χ4v) is 4.17. The molecule has 156 valence electrons. The third-order valence-electron chi connectivity index (χ3n) is 5.98. The van der Waals surface area contributed by atoms with E-state index in [2.05, 4.69) is 18.5 Å². The lowest BCUT2D eigenvalue weighted by Gasteiger charge is -2.26. The molecule has 6 nitrogen and oxygen atoms in total. The quantitative estimate of drug-likeness (QED) is 0.334. The third-order valence-corrected chi connectivity index (χ3v) is 5.98. The third kappa shape index (κ3) is 4.83. The number of carbonyl (C=O) groups excluding carboxylic acids is 3. The van der Waals surface area contributed by atoms with Crippen molar-refractivity contribution in [3.05, 3.63) is 25.3 Å². The van der Waals surface area contributed by atoms with Crippen molar-refractivity contribution in [1.29, 1.82) is 0 Å². The number of ether oxygens (including phenoxy) is 1. The Bertz CT molecular complexity index is 618. The molecule has 2 saturated carbocycles. The van der Waals surface area contributed by atoms with Crippen molar-refractivity contribution in [1.82, 2.24) is 10.2 Å². The first-order valence-corrected chi connectivity index (χ1v) is 10.4. The van der Waals surface area contributed by atoms with Gasteiger partial charge in [0.2, 0.25) is 11.8 Å². The molecule has 0 heterocycles. The second-order valence-corrected chi connectivity index (χ2v) is 7.92. The number of hydrogen-bond acceptors (Lipinski definition) is 4. The smallest absolute Gasteiger partial charge is 0.332 e. The lowest BCUT2D eigenvalue weighted by molar-refractivity contribution is -0.150. The van der Waals surface area contributed by atoms with Crippen molar-refractivity contribution in [3.63, 3.8) is 0 Å². The summed E-state index contributed by atoms with van der Waals surface area (Å²) in [6.07, 6.45) is 9.17. The van der Waals surface area contributed by atoms with Crippen molar-refractivity contribution < 1.29 is 19.1 Å². The number of allylic oxidation sites excluding steroid dienone is 1. The number of amides is 2. The molecular formula is C22H34N2O4. The summed E-state index contributed by atoms with van der Waals surface area (Å²) in [5.74, 6) is -1.41. The molecule has 2 fully saturated rings. The Morgan fingerprint density at radius 3 is 2.54 bits per heavy atom. The van der Waals surface area contributed by atoms with Crippen LogP contribution in [0.5, 0.6) is 0 Å². The minimum atomic E-state index is -0.998. The van der Waals surface area contributed by atoms with Gasteiger partial charge in [0.15, 0.2) is 0 Å². The Hall–Kier alpha value is -2.11. The summed E-state index contributed by atoms with van der Waals surface area (Å²) in [5.41, 5.74) is -0.998. The number of unbranched alkanes of at least 4 members (excludes halogenated alkanes) is 2. The van der Waals surface area contributed by atoms with E-state index in [-0.39, 0.29) is 36.2 Å². The lowest BCUT2D eigenvalue weighted by atomic mass is 9.93.